The molecule has 0 amide bonds. The van der Waals surface area contributed by atoms with Gasteiger partial charge in [-0.05, 0) is 24.8 Å². The van der Waals surface area contributed by atoms with Crippen LogP contribution < -0.4 is 5.32 Å². The molecule has 1 N–H and O–H groups in total. The van der Waals surface area contributed by atoms with Gasteiger partial charge in [-0.3, -0.25) is 4.90 Å². The van der Waals surface area contributed by atoms with Crippen molar-refractivity contribution in [2.24, 2.45) is 5.41 Å². The molecule has 2 heteroatoms. The summed E-state index contributed by atoms with van der Waals surface area (Å²) in [4.78, 5) is 2.63. The molecule has 0 saturated carbocycles. The zero-order valence-electron chi connectivity index (χ0n) is 12.1. The second kappa shape index (κ2) is 5.41. The molecular weight excluding hydrogens is 220 g/mol. The SMILES string of the molecule is CC1CNCC(C)(C)CN1C(C)c1ccccc1. The minimum atomic E-state index is 0.341. The maximum absolute atomic E-state index is 3.58. The Labute approximate surface area is 111 Å². The van der Waals surface area contributed by atoms with Crippen LogP contribution in [-0.2, 0) is 0 Å². The van der Waals surface area contributed by atoms with Crippen molar-refractivity contribution in [1.82, 2.24) is 10.2 Å². The van der Waals surface area contributed by atoms with Crippen molar-refractivity contribution in [1.29, 1.82) is 0 Å². The molecule has 0 spiro atoms. The van der Waals surface area contributed by atoms with E-state index in [2.05, 4.69) is 68.2 Å². The predicted octanol–water partition coefficient (Wildman–Crippen LogP) is 3.07. The summed E-state index contributed by atoms with van der Waals surface area (Å²) in [7, 11) is 0. The molecule has 100 valence electrons. The molecule has 18 heavy (non-hydrogen) atoms. The van der Waals surface area contributed by atoms with Crippen LogP contribution in [0.15, 0.2) is 30.3 Å². The van der Waals surface area contributed by atoms with Crippen LogP contribution in [0.25, 0.3) is 0 Å². The third kappa shape index (κ3) is 3.12. The molecule has 1 heterocycles. The molecule has 2 unspecified atom stereocenters. The topological polar surface area (TPSA) is 15.3 Å². The van der Waals surface area contributed by atoms with Crippen LogP contribution >= 0.6 is 0 Å². The van der Waals surface area contributed by atoms with E-state index in [1.807, 2.05) is 0 Å². The summed E-state index contributed by atoms with van der Waals surface area (Å²) in [5.41, 5.74) is 1.76. The predicted molar refractivity (Wildman–Crippen MR) is 77.7 cm³/mol. The van der Waals surface area contributed by atoms with Gasteiger partial charge in [0.25, 0.3) is 0 Å². The van der Waals surface area contributed by atoms with E-state index in [0.29, 0.717) is 17.5 Å². The molecule has 2 rings (SSSR count). The maximum Gasteiger partial charge on any atom is 0.0323 e. The normalized spacial score (nSPS) is 26.6. The standard InChI is InChI=1S/C16H26N2/c1-13-10-17-11-16(3,4)12-18(13)14(2)15-8-6-5-7-9-15/h5-9,13-14,17H,10-12H2,1-4H3. The summed E-state index contributed by atoms with van der Waals surface area (Å²) in [5.74, 6) is 0. The maximum atomic E-state index is 3.58. The van der Waals surface area contributed by atoms with Gasteiger partial charge in [-0.2, -0.15) is 0 Å². The van der Waals surface area contributed by atoms with Crippen molar-refractivity contribution < 1.29 is 0 Å². The second-order valence-corrected chi connectivity index (χ2v) is 6.40. The zero-order chi connectivity index (χ0) is 13.2. The first kappa shape index (κ1) is 13.6. The van der Waals surface area contributed by atoms with Crippen molar-refractivity contribution in [2.75, 3.05) is 19.6 Å². The van der Waals surface area contributed by atoms with Gasteiger partial charge in [0.05, 0.1) is 0 Å². The number of nitrogens with zero attached hydrogens (tertiary/aromatic N) is 1. The van der Waals surface area contributed by atoms with E-state index in [4.69, 9.17) is 0 Å². The van der Waals surface area contributed by atoms with E-state index in [9.17, 15) is 0 Å². The number of hydrogen-bond acceptors (Lipinski definition) is 2. The quantitative estimate of drug-likeness (QED) is 0.863. The van der Waals surface area contributed by atoms with Gasteiger partial charge in [-0.25, -0.2) is 0 Å². The Bertz CT molecular complexity index is 372. The average molecular weight is 246 g/mol. The van der Waals surface area contributed by atoms with Crippen LogP contribution in [0.4, 0.5) is 0 Å². The van der Waals surface area contributed by atoms with Gasteiger partial charge in [0.1, 0.15) is 0 Å². The minimum absolute atomic E-state index is 0.341. The van der Waals surface area contributed by atoms with E-state index in [1.165, 1.54) is 5.56 Å². The van der Waals surface area contributed by atoms with Gasteiger partial charge in [0, 0.05) is 31.7 Å². The van der Waals surface area contributed by atoms with E-state index in [0.717, 1.165) is 19.6 Å². The Hall–Kier alpha value is -0.860. The third-order valence-electron chi connectivity index (χ3n) is 4.00. The lowest BCUT2D eigenvalue weighted by Gasteiger charge is -2.37. The van der Waals surface area contributed by atoms with Crippen LogP contribution in [0.5, 0.6) is 0 Å². The lowest BCUT2D eigenvalue weighted by molar-refractivity contribution is 0.120. The Balaban J connectivity index is 2.19. The van der Waals surface area contributed by atoms with Crippen LogP contribution in [-0.4, -0.2) is 30.6 Å². The first-order valence-corrected chi connectivity index (χ1v) is 7.01. The number of hydrogen-bond donors (Lipinski definition) is 1. The molecule has 1 aliphatic rings. The molecule has 0 aromatic heterocycles. The molecule has 2 nitrogen and oxygen atoms in total. The van der Waals surface area contributed by atoms with Crippen molar-refractivity contribution >= 4 is 0 Å². The monoisotopic (exact) mass is 246 g/mol. The summed E-state index contributed by atoms with van der Waals surface area (Å²) < 4.78 is 0. The molecule has 1 aliphatic heterocycles. The summed E-state index contributed by atoms with van der Waals surface area (Å²) in [6.07, 6.45) is 0. The van der Waals surface area contributed by atoms with Gasteiger partial charge in [0.15, 0.2) is 0 Å². The van der Waals surface area contributed by atoms with Crippen molar-refractivity contribution in [3.8, 4) is 0 Å². The van der Waals surface area contributed by atoms with Gasteiger partial charge in [0.2, 0.25) is 0 Å². The summed E-state index contributed by atoms with van der Waals surface area (Å²) in [6, 6.07) is 11.9. The lowest BCUT2D eigenvalue weighted by Crippen LogP contribution is -2.41. The Morgan fingerprint density at radius 2 is 1.94 bits per heavy atom. The average Bonchev–Trinajstić information content (AvgIpc) is 2.48. The van der Waals surface area contributed by atoms with Crippen LogP contribution in [0.2, 0.25) is 0 Å². The second-order valence-electron chi connectivity index (χ2n) is 6.40. The first-order valence-electron chi connectivity index (χ1n) is 7.01. The van der Waals surface area contributed by atoms with Gasteiger partial charge in [-0.15, -0.1) is 0 Å². The van der Waals surface area contributed by atoms with Gasteiger partial charge >= 0.3 is 0 Å². The molecular formula is C16H26N2. The highest BCUT2D eigenvalue weighted by atomic mass is 15.2. The number of benzene rings is 1. The molecule has 1 fully saturated rings. The fraction of sp³-hybridized carbons (Fsp3) is 0.625. The van der Waals surface area contributed by atoms with Crippen LogP contribution in [0, 0.1) is 5.41 Å². The fourth-order valence-corrected chi connectivity index (χ4v) is 2.88. The molecule has 1 aromatic rings. The van der Waals surface area contributed by atoms with Crippen molar-refractivity contribution in [2.45, 2.75) is 39.8 Å². The van der Waals surface area contributed by atoms with E-state index in [1.54, 1.807) is 0 Å². The Kier molecular flexibility index (Phi) is 4.08. The number of nitrogens with one attached hydrogen (secondary N) is 1. The highest BCUT2D eigenvalue weighted by molar-refractivity contribution is 5.18. The third-order valence-corrected chi connectivity index (χ3v) is 4.00. The molecule has 1 aromatic carbocycles. The smallest absolute Gasteiger partial charge is 0.0323 e. The zero-order valence-corrected chi connectivity index (χ0v) is 12.1. The van der Waals surface area contributed by atoms with Crippen LogP contribution in [0.1, 0.15) is 39.3 Å². The van der Waals surface area contributed by atoms with E-state index >= 15 is 0 Å². The van der Waals surface area contributed by atoms with E-state index in [-0.39, 0.29) is 0 Å². The molecule has 0 radical (unpaired) electrons. The van der Waals surface area contributed by atoms with Crippen LogP contribution in [0.3, 0.4) is 0 Å². The minimum Gasteiger partial charge on any atom is -0.315 e. The summed E-state index contributed by atoms with van der Waals surface area (Å²) >= 11 is 0. The Morgan fingerprint density at radius 1 is 1.28 bits per heavy atom. The van der Waals surface area contributed by atoms with Crippen molar-refractivity contribution in [3.05, 3.63) is 35.9 Å². The van der Waals surface area contributed by atoms with Crippen molar-refractivity contribution in [3.63, 3.8) is 0 Å². The highest BCUT2D eigenvalue weighted by Crippen LogP contribution is 2.28. The Morgan fingerprint density at radius 3 is 2.61 bits per heavy atom. The van der Waals surface area contributed by atoms with Gasteiger partial charge in [-0.1, -0.05) is 44.2 Å². The number of rotatable bonds is 2. The molecule has 2 atom stereocenters. The fourth-order valence-electron chi connectivity index (χ4n) is 2.88. The highest BCUT2D eigenvalue weighted by Gasteiger charge is 2.31. The van der Waals surface area contributed by atoms with Gasteiger partial charge < -0.3 is 5.32 Å². The molecule has 0 bridgehead atoms. The summed E-state index contributed by atoms with van der Waals surface area (Å²) in [5, 5.41) is 3.58. The molecule has 1 saturated heterocycles. The first-order chi connectivity index (χ1) is 8.49. The lowest BCUT2D eigenvalue weighted by atomic mass is 9.92. The molecule has 0 aliphatic carbocycles. The summed E-state index contributed by atoms with van der Waals surface area (Å²) in [6.45, 7) is 12.7. The largest absolute Gasteiger partial charge is 0.315 e. The van der Waals surface area contributed by atoms with E-state index < -0.39 is 0 Å².